The third-order valence-corrected chi connectivity index (χ3v) is 2.89. The van der Waals surface area contributed by atoms with E-state index in [0.29, 0.717) is 6.54 Å². The van der Waals surface area contributed by atoms with Crippen LogP contribution in [0, 0.1) is 10.1 Å². The Morgan fingerprint density at radius 3 is 2.88 bits per heavy atom. The zero-order valence-corrected chi connectivity index (χ0v) is 9.00. The molecule has 0 aromatic heterocycles. The molecule has 0 radical (unpaired) electrons. The Balaban J connectivity index is 2.12. The smallest absolute Gasteiger partial charge is 0.273 e. The molecule has 5 heteroatoms. The lowest BCUT2D eigenvalue weighted by Crippen LogP contribution is -2.26. The van der Waals surface area contributed by atoms with Gasteiger partial charge in [-0.2, -0.15) is 0 Å². The van der Waals surface area contributed by atoms with E-state index in [2.05, 4.69) is 4.90 Å². The lowest BCUT2D eigenvalue weighted by atomic mass is 10.1. The van der Waals surface area contributed by atoms with Crippen LogP contribution in [0.3, 0.4) is 0 Å². The lowest BCUT2D eigenvalue weighted by molar-refractivity contribution is -0.385. The zero-order valence-electron chi connectivity index (χ0n) is 9.00. The van der Waals surface area contributed by atoms with E-state index in [0.717, 1.165) is 25.1 Å². The summed E-state index contributed by atoms with van der Waals surface area (Å²) >= 11 is 0. The first-order valence-corrected chi connectivity index (χ1v) is 5.37. The van der Waals surface area contributed by atoms with E-state index in [-0.39, 0.29) is 16.7 Å². The molecule has 1 fully saturated rings. The molecule has 1 atom stereocenters. The van der Waals surface area contributed by atoms with E-state index in [9.17, 15) is 10.1 Å². The van der Waals surface area contributed by atoms with E-state index in [1.807, 2.05) is 12.1 Å². The van der Waals surface area contributed by atoms with Gasteiger partial charge in [0.1, 0.15) is 0 Å². The van der Waals surface area contributed by atoms with Crippen LogP contribution in [-0.2, 0) is 6.54 Å². The molecule has 5 nitrogen and oxygen atoms in total. The first-order valence-electron chi connectivity index (χ1n) is 5.37. The fourth-order valence-electron chi connectivity index (χ4n) is 2.07. The maximum Gasteiger partial charge on any atom is 0.273 e. The van der Waals surface area contributed by atoms with Crippen molar-refractivity contribution in [2.75, 3.05) is 13.1 Å². The average Bonchev–Trinajstić information content (AvgIpc) is 2.64. The summed E-state index contributed by atoms with van der Waals surface area (Å²) < 4.78 is 0. The minimum atomic E-state index is -0.328. The molecule has 0 aliphatic carbocycles. The molecule has 16 heavy (non-hydrogen) atoms. The molecule has 1 heterocycles. The van der Waals surface area contributed by atoms with Crippen molar-refractivity contribution in [2.24, 2.45) is 5.73 Å². The number of hydrogen-bond acceptors (Lipinski definition) is 4. The van der Waals surface area contributed by atoms with Crippen molar-refractivity contribution in [2.45, 2.75) is 19.0 Å². The van der Waals surface area contributed by atoms with Crippen LogP contribution in [0.1, 0.15) is 12.0 Å². The van der Waals surface area contributed by atoms with Crippen molar-refractivity contribution in [3.63, 3.8) is 0 Å². The first-order chi connectivity index (χ1) is 7.66. The van der Waals surface area contributed by atoms with Crippen molar-refractivity contribution in [1.82, 2.24) is 4.90 Å². The molecular formula is C11H15N3O2. The molecule has 1 aliphatic rings. The van der Waals surface area contributed by atoms with Crippen LogP contribution in [0.5, 0.6) is 0 Å². The molecule has 1 aliphatic heterocycles. The van der Waals surface area contributed by atoms with Gasteiger partial charge >= 0.3 is 0 Å². The number of nitrogens with two attached hydrogens (primary N) is 1. The number of likely N-dealkylation sites (tertiary alicyclic amines) is 1. The molecule has 2 N–H and O–H groups in total. The molecule has 0 bridgehead atoms. The van der Waals surface area contributed by atoms with Crippen molar-refractivity contribution in [3.8, 4) is 0 Å². The second-order valence-corrected chi connectivity index (χ2v) is 4.17. The maximum atomic E-state index is 10.8. The molecule has 1 saturated heterocycles. The van der Waals surface area contributed by atoms with Crippen molar-refractivity contribution < 1.29 is 4.92 Å². The fourth-order valence-corrected chi connectivity index (χ4v) is 2.07. The summed E-state index contributed by atoms with van der Waals surface area (Å²) in [4.78, 5) is 12.7. The summed E-state index contributed by atoms with van der Waals surface area (Å²) in [6.07, 6.45) is 0.973. The molecule has 1 aromatic rings. The number of hydrogen-bond donors (Lipinski definition) is 1. The highest BCUT2D eigenvalue weighted by Gasteiger charge is 2.21. The van der Waals surface area contributed by atoms with Crippen molar-refractivity contribution >= 4 is 5.69 Å². The van der Waals surface area contributed by atoms with Gasteiger partial charge in [-0.1, -0.05) is 18.2 Å². The third kappa shape index (κ3) is 2.37. The molecule has 0 saturated carbocycles. The largest absolute Gasteiger partial charge is 0.326 e. The molecule has 1 unspecified atom stereocenters. The van der Waals surface area contributed by atoms with Crippen LogP contribution >= 0.6 is 0 Å². The summed E-state index contributed by atoms with van der Waals surface area (Å²) in [6.45, 7) is 2.37. The molecule has 0 amide bonds. The number of rotatable bonds is 3. The summed E-state index contributed by atoms with van der Waals surface area (Å²) in [5.74, 6) is 0. The Morgan fingerprint density at radius 2 is 2.25 bits per heavy atom. The minimum Gasteiger partial charge on any atom is -0.326 e. The fraction of sp³-hybridized carbons (Fsp3) is 0.455. The van der Waals surface area contributed by atoms with Gasteiger partial charge in [-0.05, 0) is 6.42 Å². The van der Waals surface area contributed by atoms with Crippen LogP contribution in [-0.4, -0.2) is 29.0 Å². The van der Waals surface area contributed by atoms with E-state index >= 15 is 0 Å². The summed E-state index contributed by atoms with van der Waals surface area (Å²) in [7, 11) is 0. The van der Waals surface area contributed by atoms with Crippen LogP contribution in [0.4, 0.5) is 5.69 Å². The molecule has 86 valence electrons. The quantitative estimate of drug-likeness (QED) is 0.613. The van der Waals surface area contributed by atoms with Crippen LogP contribution in [0.25, 0.3) is 0 Å². The number of nitro groups is 1. The summed E-state index contributed by atoms with van der Waals surface area (Å²) in [5, 5.41) is 10.8. The van der Waals surface area contributed by atoms with E-state index in [1.54, 1.807) is 12.1 Å². The van der Waals surface area contributed by atoms with Crippen molar-refractivity contribution in [1.29, 1.82) is 0 Å². The van der Waals surface area contributed by atoms with Crippen LogP contribution in [0.15, 0.2) is 24.3 Å². The van der Waals surface area contributed by atoms with E-state index < -0.39 is 0 Å². The van der Waals surface area contributed by atoms with Gasteiger partial charge in [-0.3, -0.25) is 15.0 Å². The van der Waals surface area contributed by atoms with Gasteiger partial charge in [0.05, 0.1) is 4.92 Å². The maximum absolute atomic E-state index is 10.8. The molecular weight excluding hydrogens is 206 g/mol. The van der Waals surface area contributed by atoms with Gasteiger partial charge in [0, 0.05) is 37.3 Å². The highest BCUT2D eigenvalue weighted by atomic mass is 16.6. The Labute approximate surface area is 94.0 Å². The Morgan fingerprint density at radius 1 is 1.50 bits per heavy atom. The van der Waals surface area contributed by atoms with Crippen molar-refractivity contribution in [3.05, 3.63) is 39.9 Å². The predicted molar refractivity (Wildman–Crippen MR) is 61.0 cm³/mol. The Kier molecular flexibility index (Phi) is 3.17. The first kappa shape index (κ1) is 11.0. The highest BCUT2D eigenvalue weighted by molar-refractivity contribution is 5.39. The topological polar surface area (TPSA) is 72.4 Å². The van der Waals surface area contributed by atoms with Crippen LogP contribution < -0.4 is 5.73 Å². The van der Waals surface area contributed by atoms with Gasteiger partial charge in [0.2, 0.25) is 0 Å². The Bertz CT molecular complexity index is 395. The molecule has 1 aromatic carbocycles. The summed E-state index contributed by atoms with van der Waals surface area (Å²) in [6, 6.07) is 7.09. The number of benzene rings is 1. The normalized spacial score (nSPS) is 21.2. The SMILES string of the molecule is NC1CCN(Cc2ccccc2[N+](=O)[O-])C1. The molecule has 0 spiro atoms. The molecule has 2 rings (SSSR count). The number of nitrogens with zero attached hydrogens (tertiary/aromatic N) is 2. The van der Waals surface area contributed by atoms with E-state index in [1.165, 1.54) is 0 Å². The van der Waals surface area contributed by atoms with Gasteiger partial charge in [-0.15, -0.1) is 0 Å². The zero-order chi connectivity index (χ0) is 11.5. The monoisotopic (exact) mass is 221 g/mol. The van der Waals surface area contributed by atoms with Gasteiger partial charge in [0.15, 0.2) is 0 Å². The highest BCUT2D eigenvalue weighted by Crippen LogP contribution is 2.21. The standard InChI is InChI=1S/C11H15N3O2/c12-10-5-6-13(8-10)7-9-3-1-2-4-11(9)14(15)16/h1-4,10H,5-8,12H2. The third-order valence-electron chi connectivity index (χ3n) is 2.89. The predicted octanol–water partition coefficient (Wildman–Crippen LogP) is 1.13. The lowest BCUT2D eigenvalue weighted by Gasteiger charge is -2.14. The average molecular weight is 221 g/mol. The minimum absolute atomic E-state index is 0.197. The second-order valence-electron chi connectivity index (χ2n) is 4.17. The number of para-hydroxylation sites is 1. The Hall–Kier alpha value is -1.46. The van der Waals surface area contributed by atoms with Gasteiger partial charge in [0.25, 0.3) is 5.69 Å². The van der Waals surface area contributed by atoms with Crippen LogP contribution in [0.2, 0.25) is 0 Å². The van der Waals surface area contributed by atoms with Gasteiger partial charge in [-0.25, -0.2) is 0 Å². The second kappa shape index (κ2) is 4.59. The number of nitro benzene ring substituents is 1. The van der Waals surface area contributed by atoms with E-state index in [4.69, 9.17) is 5.73 Å². The summed E-state index contributed by atoms with van der Waals surface area (Å²) in [5.41, 5.74) is 6.76. The van der Waals surface area contributed by atoms with Gasteiger partial charge < -0.3 is 5.73 Å².